The zero-order chi connectivity index (χ0) is 18.1. The van der Waals surface area contributed by atoms with Gasteiger partial charge in [-0.25, -0.2) is 0 Å². The van der Waals surface area contributed by atoms with Gasteiger partial charge in [-0.1, -0.05) is 18.2 Å². The fourth-order valence-electron chi connectivity index (χ4n) is 3.22. The number of carbonyl (C=O) groups excluding carboxylic acids is 2. The lowest BCUT2D eigenvalue weighted by Crippen LogP contribution is -2.55. The van der Waals surface area contributed by atoms with Crippen molar-refractivity contribution < 1.29 is 14.7 Å². The van der Waals surface area contributed by atoms with Gasteiger partial charge in [0.2, 0.25) is 5.91 Å². The van der Waals surface area contributed by atoms with Crippen molar-refractivity contribution in [1.29, 1.82) is 0 Å². The van der Waals surface area contributed by atoms with Gasteiger partial charge in [-0.05, 0) is 23.9 Å². The Bertz CT molecular complexity index is 890. The number of aliphatic hydroxyl groups is 1. The van der Waals surface area contributed by atoms with E-state index in [0.29, 0.717) is 13.0 Å². The Morgan fingerprint density at radius 1 is 1.28 bits per heavy atom. The molecule has 1 saturated heterocycles. The summed E-state index contributed by atoms with van der Waals surface area (Å²) < 4.78 is 1.44. The number of fused-ring (bicyclic) bond motifs is 1. The maximum Gasteiger partial charge on any atom is 0.263 e. The molecule has 2 heterocycles. The zero-order valence-electron chi connectivity index (χ0n) is 14.2. The van der Waals surface area contributed by atoms with Crippen LogP contribution in [0.25, 0.3) is 10.9 Å². The number of nitrogens with one attached hydrogen (secondary N) is 1. The number of aromatic nitrogens is 1. The largest absolute Gasteiger partial charge is 0.389 e. The van der Waals surface area contributed by atoms with Crippen molar-refractivity contribution in [3.8, 4) is 0 Å². The van der Waals surface area contributed by atoms with Crippen LogP contribution in [0.1, 0.15) is 23.7 Å². The molecule has 2 amide bonds. The van der Waals surface area contributed by atoms with Crippen molar-refractivity contribution in [2.75, 3.05) is 13.1 Å². The summed E-state index contributed by atoms with van der Waals surface area (Å²) in [6.07, 6.45) is -0.411. The highest BCUT2D eigenvalue weighted by Gasteiger charge is 2.30. The highest BCUT2D eigenvalue weighted by Crippen LogP contribution is 2.14. The first-order chi connectivity index (χ1) is 11.9. The van der Waals surface area contributed by atoms with Gasteiger partial charge in [0.15, 0.2) is 0 Å². The number of aliphatic hydroxyl groups excluding tert-OH is 1. The smallest absolute Gasteiger partial charge is 0.263 e. The van der Waals surface area contributed by atoms with Crippen LogP contribution in [0.3, 0.4) is 0 Å². The van der Waals surface area contributed by atoms with E-state index in [1.807, 2.05) is 24.3 Å². The molecule has 1 aromatic heterocycles. The molecule has 1 aromatic carbocycles. The first-order valence-corrected chi connectivity index (χ1v) is 8.21. The molecule has 0 spiro atoms. The predicted molar refractivity (Wildman–Crippen MR) is 93.3 cm³/mol. The third kappa shape index (κ3) is 3.28. The van der Waals surface area contributed by atoms with E-state index in [1.54, 1.807) is 18.0 Å². The zero-order valence-corrected chi connectivity index (χ0v) is 14.2. The molecule has 2 atom stereocenters. The summed E-state index contributed by atoms with van der Waals surface area (Å²) in [5, 5.41) is 13.7. The highest BCUT2D eigenvalue weighted by atomic mass is 16.3. The van der Waals surface area contributed by atoms with E-state index in [4.69, 9.17) is 0 Å². The van der Waals surface area contributed by atoms with E-state index >= 15 is 0 Å². The molecule has 7 heteroatoms. The molecule has 2 aromatic rings. The first kappa shape index (κ1) is 17.2. The van der Waals surface area contributed by atoms with Gasteiger partial charge in [-0.15, -0.1) is 0 Å². The first-order valence-electron chi connectivity index (χ1n) is 8.21. The van der Waals surface area contributed by atoms with Crippen molar-refractivity contribution in [1.82, 2.24) is 14.8 Å². The maximum absolute atomic E-state index is 12.6. The summed E-state index contributed by atoms with van der Waals surface area (Å²) in [5.41, 5.74) is 0.410. The highest BCUT2D eigenvalue weighted by molar-refractivity contribution is 5.97. The number of hydrogen-bond acceptors (Lipinski definition) is 4. The van der Waals surface area contributed by atoms with E-state index in [9.17, 15) is 19.5 Å². The van der Waals surface area contributed by atoms with E-state index in [0.717, 1.165) is 10.9 Å². The van der Waals surface area contributed by atoms with Gasteiger partial charge in [0.25, 0.3) is 11.5 Å². The second kappa shape index (κ2) is 6.68. The van der Waals surface area contributed by atoms with Gasteiger partial charge < -0.3 is 19.9 Å². The van der Waals surface area contributed by atoms with Gasteiger partial charge in [-0.2, -0.15) is 0 Å². The van der Waals surface area contributed by atoms with Crippen molar-refractivity contribution in [2.45, 2.75) is 25.5 Å². The van der Waals surface area contributed by atoms with Crippen LogP contribution in [-0.4, -0.2) is 51.6 Å². The molecule has 0 bridgehead atoms. The number of rotatable bonds is 2. The Morgan fingerprint density at radius 2 is 2.00 bits per heavy atom. The van der Waals surface area contributed by atoms with E-state index < -0.39 is 18.1 Å². The summed E-state index contributed by atoms with van der Waals surface area (Å²) in [6, 6.07) is 8.42. The molecule has 1 aliphatic heterocycles. The Labute approximate surface area is 144 Å². The quantitative estimate of drug-likeness (QED) is 0.818. The van der Waals surface area contributed by atoms with Crippen LogP contribution in [0.2, 0.25) is 0 Å². The van der Waals surface area contributed by atoms with Crippen molar-refractivity contribution in [3.05, 3.63) is 46.2 Å². The summed E-state index contributed by atoms with van der Waals surface area (Å²) in [4.78, 5) is 38.0. The van der Waals surface area contributed by atoms with Crippen LogP contribution in [0.15, 0.2) is 35.1 Å². The summed E-state index contributed by atoms with van der Waals surface area (Å²) in [5.74, 6) is -0.612. The predicted octanol–water partition coefficient (Wildman–Crippen LogP) is 0.250. The van der Waals surface area contributed by atoms with Gasteiger partial charge in [0.05, 0.1) is 17.7 Å². The molecule has 0 radical (unpaired) electrons. The van der Waals surface area contributed by atoms with Crippen LogP contribution in [0, 0.1) is 0 Å². The summed E-state index contributed by atoms with van der Waals surface area (Å²) in [6.45, 7) is 2.09. The standard InChI is InChI=1S/C18H21N3O4/c1-11(22)21-8-7-14(16(23)10-21)19-17(24)13-9-12-5-3-4-6-15(12)20(2)18(13)25/h3-6,9,14,16,23H,7-8,10H2,1-2H3,(H,19,24)/t14-,16-/m1/s1. The molecule has 132 valence electrons. The molecular formula is C18H21N3O4. The number of piperidine rings is 1. The number of β-amino-alcohol motifs (C(OH)–C–C–N with tert-alkyl or cyclic N) is 1. The third-order valence-electron chi connectivity index (χ3n) is 4.72. The lowest BCUT2D eigenvalue weighted by molar-refractivity contribution is -0.132. The fourth-order valence-corrected chi connectivity index (χ4v) is 3.22. The number of aryl methyl sites for hydroxylation is 1. The number of likely N-dealkylation sites (tertiary alicyclic amines) is 1. The Balaban J connectivity index is 1.82. The minimum absolute atomic E-state index is 0.0439. The third-order valence-corrected chi connectivity index (χ3v) is 4.72. The summed E-state index contributed by atoms with van der Waals surface area (Å²) >= 11 is 0. The molecule has 7 nitrogen and oxygen atoms in total. The number of carbonyl (C=O) groups is 2. The normalized spacial score (nSPS) is 20.5. The average Bonchev–Trinajstić information content (AvgIpc) is 2.59. The fraction of sp³-hybridized carbons (Fsp3) is 0.389. The Hall–Kier alpha value is -2.67. The molecule has 2 N–H and O–H groups in total. The Morgan fingerprint density at radius 3 is 2.68 bits per heavy atom. The van der Waals surface area contributed by atoms with Crippen molar-refractivity contribution in [3.63, 3.8) is 0 Å². The number of amides is 2. The van der Waals surface area contributed by atoms with E-state index in [2.05, 4.69) is 5.32 Å². The second-order valence-electron chi connectivity index (χ2n) is 6.38. The molecule has 0 aliphatic carbocycles. The second-order valence-corrected chi connectivity index (χ2v) is 6.38. The topological polar surface area (TPSA) is 91.6 Å². The van der Waals surface area contributed by atoms with Gasteiger partial charge in [0.1, 0.15) is 5.56 Å². The average molecular weight is 343 g/mol. The van der Waals surface area contributed by atoms with Gasteiger partial charge >= 0.3 is 0 Å². The van der Waals surface area contributed by atoms with Crippen LogP contribution in [0.5, 0.6) is 0 Å². The lowest BCUT2D eigenvalue weighted by atomic mass is 10.0. The Kier molecular flexibility index (Phi) is 4.59. The molecule has 0 unspecified atom stereocenters. The molecule has 0 saturated carbocycles. The van der Waals surface area contributed by atoms with E-state index in [-0.39, 0.29) is 23.6 Å². The maximum atomic E-state index is 12.6. The minimum Gasteiger partial charge on any atom is -0.389 e. The molecule has 25 heavy (non-hydrogen) atoms. The minimum atomic E-state index is -0.856. The number of nitrogens with zero attached hydrogens (tertiary/aromatic N) is 2. The number of para-hydroxylation sites is 1. The van der Waals surface area contributed by atoms with E-state index in [1.165, 1.54) is 11.5 Å². The van der Waals surface area contributed by atoms with Gasteiger partial charge in [-0.3, -0.25) is 14.4 Å². The molecule has 1 fully saturated rings. The van der Waals surface area contributed by atoms with Crippen molar-refractivity contribution in [2.24, 2.45) is 7.05 Å². The SMILES string of the molecule is CC(=O)N1CC[C@@H](NC(=O)c2cc3ccccc3n(C)c2=O)[C@H](O)C1. The van der Waals surface area contributed by atoms with Crippen LogP contribution in [0.4, 0.5) is 0 Å². The van der Waals surface area contributed by atoms with Crippen LogP contribution < -0.4 is 10.9 Å². The lowest BCUT2D eigenvalue weighted by Gasteiger charge is -2.35. The molecule has 3 rings (SSSR count). The number of hydrogen-bond donors (Lipinski definition) is 2. The van der Waals surface area contributed by atoms with Gasteiger partial charge in [0, 0.05) is 27.1 Å². The van der Waals surface area contributed by atoms with Crippen LogP contribution in [-0.2, 0) is 11.8 Å². The van der Waals surface area contributed by atoms with Crippen molar-refractivity contribution >= 4 is 22.7 Å². The molecular weight excluding hydrogens is 322 g/mol. The number of benzene rings is 1. The monoisotopic (exact) mass is 343 g/mol. The molecule has 1 aliphatic rings. The summed E-state index contributed by atoms with van der Waals surface area (Å²) in [7, 11) is 1.63. The number of pyridine rings is 1. The van der Waals surface area contributed by atoms with Crippen LogP contribution >= 0.6 is 0 Å².